The van der Waals surface area contributed by atoms with Gasteiger partial charge in [-0.2, -0.15) is 0 Å². The molecule has 0 aliphatic rings. The first kappa shape index (κ1) is 16.8. The largest absolute Gasteiger partial charge is 0.492 e. The van der Waals surface area contributed by atoms with Crippen molar-refractivity contribution < 1.29 is 14.3 Å². The van der Waals surface area contributed by atoms with Crippen LogP contribution in [-0.2, 0) is 4.79 Å². The molecule has 6 heteroatoms. The molecule has 120 valence electrons. The van der Waals surface area contributed by atoms with Gasteiger partial charge in [0, 0.05) is 23.9 Å². The van der Waals surface area contributed by atoms with E-state index in [4.69, 9.17) is 16.3 Å². The van der Waals surface area contributed by atoms with E-state index < -0.39 is 0 Å². The Kier molecular flexibility index (Phi) is 5.60. The molecule has 0 aliphatic heterocycles. The number of benzene rings is 2. The third-order valence-electron chi connectivity index (χ3n) is 2.93. The normalized spacial score (nSPS) is 10.0. The van der Waals surface area contributed by atoms with E-state index in [1.807, 2.05) is 6.92 Å². The van der Waals surface area contributed by atoms with Crippen molar-refractivity contribution >= 4 is 34.8 Å². The van der Waals surface area contributed by atoms with Crippen LogP contribution < -0.4 is 15.4 Å². The summed E-state index contributed by atoms with van der Waals surface area (Å²) in [6, 6.07) is 11.7. The van der Waals surface area contributed by atoms with Gasteiger partial charge in [-0.3, -0.25) is 9.59 Å². The van der Waals surface area contributed by atoms with E-state index in [9.17, 15) is 9.59 Å². The monoisotopic (exact) mass is 332 g/mol. The van der Waals surface area contributed by atoms with Gasteiger partial charge in [0.2, 0.25) is 5.91 Å². The van der Waals surface area contributed by atoms with E-state index in [1.165, 1.54) is 6.92 Å². The van der Waals surface area contributed by atoms with Crippen LogP contribution in [0.4, 0.5) is 11.4 Å². The lowest BCUT2D eigenvalue weighted by Gasteiger charge is -2.10. The lowest BCUT2D eigenvalue weighted by Crippen LogP contribution is -2.13. The zero-order valence-electron chi connectivity index (χ0n) is 12.9. The molecule has 0 bridgehead atoms. The highest BCUT2D eigenvalue weighted by Gasteiger charge is 2.09. The quantitative estimate of drug-likeness (QED) is 0.871. The fourth-order valence-electron chi connectivity index (χ4n) is 2.00. The van der Waals surface area contributed by atoms with Crippen molar-refractivity contribution in [2.24, 2.45) is 0 Å². The van der Waals surface area contributed by atoms with Crippen LogP contribution in [0.2, 0.25) is 5.02 Å². The van der Waals surface area contributed by atoms with E-state index >= 15 is 0 Å². The van der Waals surface area contributed by atoms with Crippen LogP contribution in [0.25, 0.3) is 0 Å². The minimum Gasteiger partial charge on any atom is -0.492 e. The molecule has 0 aromatic heterocycles. The van der Waals surface area contributed by atoms with Crippen molar-refractivity contribution in [1.82, 2.24) is 0 Å². The van der Waals surface area contributed by atoms with Crippen LogP contribution in [0.5, 0.6) is 5.75 Å². The van der Waals surface area contributed by atoms with Gasteiger partial charge in [0.25, 0.3) is 5.91 Å². The van der Waals surface area contributed by atoms with Crippen LogP contribution >= 0.6 is 11.6 Å². The highest BCUT2D eigenvalue weighted by Crippen LogP contribution is 2.28. The predicted octanol–water partition coefficient (Wildman–Crippen LogP) is 3.95. The molecular formula is C17H17ClN2O3. The standard InChI is InChI=1S/C17H17ClN2O3/c1-3-23-16-8-7-14(10-15(16)18)20-17(22)12-5-4-6-13(9-12)19-11(2)21/h4-10H,3H2,1-2H3,(H,19,21)(H,20,22). The van der Waals surface area contributed by atoms with Gasteiger partial charge in [-0.1, -0.05) is 17.7 Å². The Morgan fingerprint density at radius 3 is 2.48 bits per heavy atom. The number of nitrogens with one attached hydrogen (secondary N) is 2. The first-order valence-corrected chi connectivity index (χ1v) is 7.48. The Bertz CT molecular complexity index is 732. The molecule has 0 spiro atoms. The van der Waals surface area contributed by atoms with Crippen LogP contribution in [0.3, 0.4) is 0 Å². The maximum Gasteiger partial charge on any atom is 0.255 e. The molecule has 5 nitrogen and oxygen atoms in total. The highest BCUT2D eigenvalue weighted by atomic mass is 35.5. The lowest BCUT2D eigenvalue weighted by molar-refractivity contribution is -0.114. The number of rotatable bonds is 5. The Labute approximate surface area is 139 Å². The van der Waals surface area contributed by atoms with Gasteiger partial charge in [0.15, 0.2) is 0 Å². The molecule has 23 heavy (non-hydrogen) atoms. The van der Waals surface area contributed by atoms with E-state index in [0.29, 0.717) is 34.3 Å². The molecule has 0 aliphatic carbocycles. The van der Waals surface area contributed by atoms with Crippen LogP contribution in [0, 0.1) is 0 Å². The zero-order chi connectivity index (χ0) is 16.8. The summed E-state index contributed by atoms with van der Waals surface area (Å²) in [4.78, 5) is 23.3. The maximum atomic E-state index is 12.3. The first-order chi connectivity index (χ1) is 11.0. The summed E-state index contributed by atoms with van der Waals surface area (Å²) < 4.78 is 5.35. The number of hydrogen-bond donors (Lipinski definition) is 2. The molecule has 0 saturated heterocycles. The summed E-state index contributed by atoms with van der Waals surface area (Å²) in [5, 5.41) is 5.82. The van der Waals surface area contributed by atoms with Crippen molar-refractivity contribution in [3.8, 4) is 5.75 Å². The van der Waals surface area contributed by atoms with Crippen molar-refractivity contribution in [3.63, 3.8) is 0 Å². The van der Waals surface area contributed by atoms with Gasteiger partial charge in [0.1, 0.15) is 5.75 Å². The zero-order valence-corrected chi connectivity index (χ0v) is 13.6. The van der Waals surface area contributed by atoms with Crippen molar-refractivity contribution in [2.45, 2.75) is 13.8 Å². The second kappa shape index (κ2) is 7.65. The van der Waals surface area contributed by atoms with Crippen molar-refractivity contribution in [1.29, 1.82) is 0 Å². The van der Waals surface area contributed by atoms with Crippen LogP contribution in [-0.4, -0.2) is 18.4 Å². The van der Waals surface area contributed by atoms with Crippen molar-refractivity contribution in [3.05, 3.63) is 53.1 Å². The van der Waals surface area contributed by atoms with E-state index in [1.54, 1.807) is 42.5 Å². The maximum absolute atomic E-state index is 12.3. The molecule has 0 fully saturated rings. The third kappa shape index (κ3) is 4.72. The van der Waals surface area contributed by atoms with Gasteiger partial charge < -0.3 is 15.4 Å². The second-order valence-corrected chi connectivity index (χ2v) is 5.20. The number of anilines is 2. The SMILES string of the molecule is CCOc1ccc(NC(=O)c2cccc(NC(C)=O)c2)cc1Cl. The Hall–Kier alpha value is -2.53. The van der Waals surface area contributed by atoms with E-state index in [-0.39, 0.29) is 11.8 Å². The molecule has 0 heterocycles. The summed E-state index contributed by atoms with van der Waals surface area (Å²) in [5.41, 5.74) is 1.56. The molecule has 2 aromatic rings. The fourth-order valence-corrected chi connectivity index (χ4v) is 2.23. The Morgan fingerprint density at radius 2 is 1.83 bits per heavy atom. The highest BCUT2D eigenvalue weighted by molar-refractivity contribution is 6.32. The molecule has 2 rings (SSSR count). The number of carbonyl (C=O) groups is 2. The number of amides is 2. The average molecular weight is 333 g/mol. The predicted molar refractivity (Wildman–Crippen MR) is 91.3 cm³/mol. The van der Waals surface area contributed by atoms with Crippen LogP contribution in [0.1, 0.15) is 24.2 Å². The van der Waals surface area contributed by atoms with Gasteiger partial charge >= 0.3 is 0 Å². The summed E-state index contributed by atoms with van der Waals surface area (Å²) in [7, 11) is 0. The molecule has 2 N–H and O–H groups in total. The molecule has 0 unspecified atom stereocenters. The smallest absolute Gasteiger partial charge is 0.255 e. The number of ether oxygens (including phenoxy) is 1. The molecule has 0 saturated carbocycles. The van der Waals surface area contributed by atoms with Gasteiger partial charge in [-0.25, -0.2) is 0 Å². The van der Waals surface area contributed by atoms with Gasteiger partial charge in [0.05, 0.1) is 11.6 Å². The molecule has 0 radical (unpaired) electrons. The lowest BCUT2D eigenvalue weighted by atomic mass is 10.2. The summed E-state index contributed by atoms with van der Waals surface area (Å²) in [6.07, 6.45) is 0. The van der Waals surface area contributed by atoms with Gasteiger partial charge in [-0.15, -0.1) is 0 Å². The Morgan fingerprint density at radius 1 is 1.09 bits per heavy atom. The Balaban J connectivity index is 2.12. The number of carbonyl (C=O) groups excluding carboxylic acids is 2. The summed E-state index contributed by atoms with van der Waals surface area (Å²) in [5.74, 6) is 0.0816. The molecule has 0 atom stereocenters. The van der Waals surface area contributed by atoms with Crippen LogP contribution in [0.15, 0.2) is 42.5 Å². The molecule has 2 aromatic carbocycles. The van der Waals surface area contributed by atoms with E-state index in [0.717, 1.165) is 0 Å². The number of hydrogen-bond acceptors (Lipinski definition) is 3. The van der Waals surface area contributed by atoms with Crippen molar-refractivity contribution in [2.75, 3.05) is 17.2 Å². The van der Waals surface area contributed by atoms with E-state index in [2.05, 4.69) is 10.6 Å². The summed E-state index contributed by atoms with van der Waals surface area (Å²) >= 11 is 6.10. The fraction of sp³-hybridized carbons (Fsp3) is 0.176. The minimum atomic E-state index is -0.294. The molecular weight excluding hydrogens is 316 g/mol. The topological polar surface area (TPSA) is 67.4 Å². The minimum absolute atomic E-state index is 0.194. The summed E-state index contributed by atoms with van der Waals surface area (Å²) in [6.45, 7) is 3.80. The first-order valence-electron chi connectivity index (χ1n) is 7.11. The average Bonchev–Trinajstić information content (AvgIpc) is 2.50. The third-order valence-corrected chi connectivity index (χ3v) is 3.23. The number of halogens is 1. The second-order valence-electron chi connectivity index (χ2n) is 4.79. The molecule has 2 amide bonds. The van der Waals surface area contributed by atoms with Gasteiger partial charge in [-0.05, 0) is 43.3 Å².